The molecule has 0 spiro atoms. The molecule has 1 saturated heterocycles. The molecule has 1 aliphatic heterocycles. The molecule has 3 heterocycles. The molecular weight excluding hydrogens is 640 g/mol. The number of carbonyl (C=O) groups is 2. The van der Waals surface area contributed by atoms with Crippen LogP contribution in [0.5, 0.6) is 5.75 Å². The first-order chi connectivity index (χ1) is 20.6. The Kier molecular flexibility index (Phi) is 11.9. The van der Waals surface area contributed by atoms with Gasteiger partial charge in [0.05, 0.1) is 47.2 Å². The van der Waals surface area contributed by atoms with E-state index in [1.807, 2.05) is 25.7 Å². The van der Waals surface area contributed by atoms with Gasteiger partial charge in [0.15, 0.2) is 0 Å². The van der Waals surface area contributed by atoms with Gasteiger partial charge in [-0.2, -0.15) is 5.10 Å². The van der Waals surface area contributed by atoms with Crippen LogP contribution >= 0.6 is 27.3 Å². The number of piperidine rings is 1. The molecule has 0 radical (unpaired) electrons. The minimum Gasteiger partial charge on any atom is -0.496 e. The number of thiazole rings is 1. The third-order valence-corrected chi connectivity index (χ3v) is 9.99. The number of likely N-dealkylation sites (tertiary alicyclic amines) is 1. The van der Waals surface area contributed by atoms with Gasteiger partial charge in [0.1, 0.15) is 12.3 Å². The lowest BCUT2D eigenvalue weighted by Gasteiger charge is -2.31. The van der Waals surface area contributed by atoms with Gasteiger partial charge in [-0.1, -0.05) is 55.4 Å². The normalized spacial score (nSPS) is 14.2. The molecule has 3 aromatic rings. The molecule has 0 aliphatic carbocycles. The fraction of sp³-hybridized carbons (Fsp3) is 0.588. The van der Waals surface area contributed by atoms with Crippen LogP contribution in [0.3, 0.4) is 0 Å². The molecule has 0 atom stereocenters. The molecule has 1 fully saturated rings. The quantitative estimate of drug-likeness (QED) is 0.235. The van der Waals surface area contributed by atoms with Crippen LogP contribution in [0.2, 0.25) is 0 Å². The van der Waals surface area contributed by atoms with Crippen LogP contribution in [0.15, 0.2) is 22.0 Å². The SMILES string of the molecule is CC.COC(=O)Cc1nn(CC(=O)N2CCC(c3nc(-c4cc(C(C)(C)C)c(OC)c(C(C)(C)C)c4)cs3)CC2)c(C)c1Br. The van der Waals surface area contributed by atoms with Crippen molar-refractivity contribution >= 4 is 39.1 Å². The van der Waals surface area contributed by atoms with Gasteiger partial charge in [-0.15, -0.1) is 11.3 Å². The summed E-state index contributed by atoms with van der Waals surface area (Å²) in [5.41, 5.74) is 5.72. The Morgan fingerprint density at radius 2 is 1.59 bits per heavy atom. The minimum atomic E-state index is -0.365. The van der Waals surface area contributed by atoms with E-state index in [9.17, 15) is 9.59 Å². The standard InChI is InChI=1S/C32H43BrN4O4S.C2H6/c1-19-28(33)24(16-27(39)40-8)35-37(19)17-26(38)36-12-10-20(11-13-36)30-34-25(18-42-30)21-14-22(31(2,3)4)29(41-9)23(15-21)32(5,6)7;1-2/h14-15,18,20H,10-13,16-17H2,1-9H3;1-2H3. The number of rotatable bonds is 7. The molecular formula is C34H49BrN4O4S. The molecule has 1 aliphatic rings. The lowest BCUT2D eigenvalue weighted by Crippen LogP contribution is -2.40. The van der Waals surface area contributed by atoms with E-state index in [1.165, 1.54) is 18.2 Å². The molecule has 0 N–H and O–H groups in total. The number of ether oxygens (including phenoxy) is 2. The fourth-order valence-corrected chi connectivity index (χ4v) is 6.81. The van der Waals surface area contributed by atoms with Crippen molar-refractivity contribution in [1.82, 2.24) is 19.7 Å². The first kappa shape index (κ1) is 35.8. The molecule has 1 amide bonds. The van der Waals surface area contributed by atoms with Crippen molar-refractivity contribution in [2.24, 2.45) is 0 Å². The maximum absolute atomic E-state index is 13.2. The monoisotopic (exact) mass is 688 g/mol. The summed E-state index contributed by atoms with van der Waals surface area (Å²) in [6.07, 6.45) is 1.81. The predicted molar refractivity (Wildman–Crippen MR) is 182 cm³/mol. The number of nitrogens with zero attached hydrogens (tertiary/aromatic N) is 4. The van der Waals surface area contributed by atoms with Crippen molar-refractivity contribution in [1.29, 1.82) is 0 Å². The van der Waals surface area contributed by atoms with Crippen LogP contribution in [0.1, 0.15) is 102 Å². The lowest BCUT2D eigenvalue weighted by atomic mass is 9.78. The number of aromatic nitrogens is 3. The Morgan fingerprint density at radius 1 is 1.02 bits per heavy atom. The van der Waals surface area contributed by atoms with E-state index in [0.717, 1.165) is 45.0 Å². The molecule has 10 heteroatoms. The third-order valence-electron chi connectivity index (χ3n) is 7.95. The van der Waals surface area contributed by atoms with Gasteiger partial charge >= 0.3 is 5.97 Å². The van der Waals surface area contributed by atoms with Crippen molar-refractivity contribution in [2.75, 3.05) is 27.3 Å². The number of benzene rings is 1. The number of methoxy groups -OCH3 is 2. The van der Waals surface area contributed by atoms with Gasteiger partial charge in [-0.3, -0.25) is 14.3 Å². The smallest absolute Gasteiger partial charge is 0.311 e. The van der Waals surface area contributed by atoms with Crippen molar-refractivity contribution in [3.05, 3.63) is 49.5 Å². The summed E-state index contributed by atoms with van der Waals surface area (Å²) in [6.45, 7) is 20.7. The Balaban J connectivity index is 0.00000259. The summed E-state index contributed by atoms with van der Waals surface area (Å²) in [4.78, 5) is 31.9. The Hall–Kier alpha value is -2.72. The van der Waals surface area contributed by atoms with Gasteiger partial charge < -0.3 is 14.4 Å². The molecule has 0 saturated carbocycles. The molecule has 0 unspecified atom stereocenters. The van der Waals surface area contributed by atoms with Crippen molar-refractivity contribution in [3.63, 3.8) is 0 Å². The highest BCUT2D eigenvalue weighted by molar-refractivity contribution is 9.10. The van der Waals surface area contributed by atoms with Gasteiger partial charge in [-0.05, 0) is 58.7 Å². The first-order valence-corrected chi connectivity index (χ1v) is 17.1. The highest BCUT2D eigenvalue weighted by Gasteiger charge is 2.30. The lowest BCUT2D eigenvalue weighted by molar-refractivity contribution is -0.139. The molecule has 4 rings (SSSR count). The zero-order valence-corrected chi connectivity index (χ0v) is 30.7. The number of halogens is 1. The summed E-state index contributed by atoms with van der Waals surface area (Å²) < 4.78 is 13.1. The average Bonchev–Trinajstić information content (AvgIpc) is 3.58. The van der Waals surface area contributed by atoms with Gasteiger partial charge in [-0.25, -0.2) is 4.98 Å². The second-order valence-corrected chi connectivity index (χ2v) is 14.8. The molecule has 44 heavy (non-hydrogen) atoms. The number of carbonyl (C=O) groups excluding carboxylic acids is 2. The fourth-order valence-electron chi connectivity index (χ4n) is 5.39. The minimum absolute atomic E-state index is 0.0265. The maximum Gasteiger partial charge on any atom is 0.311 e. The molecule has 1 aromatic carbocycles. The average molecular weight is 690 g/mol. The highest BCUT2D eigenvalue weighted by atomic mass is 79.9. The molecule has 0 bridgehead atoms. The largest absolute Gasteiger partial charge is 0.496 e. The number of esters is 1. The van der Waals surface area contributed by atoms with Crippen LogP contribution < -0.4 is 4.74 Å². The molecule has 2 aromatic heterocycles. The van der Waals surface area contributed by atoms with E-state index in [-0.39, 0.29) is 35.7 Å². The number of hydrogen-bond acceptors (Lipinski definition) is 7. The molecule has 8 nitrogen and oxygen atoms in total. The van der Waals surface area contributed by atoms with Gasteiger partial charge in [0.25, 0.3) is 0 Å². The topological polar surface area (TPSA) is 86.5 Å². The van der Waals surface area contributed by atoms with Crippen LogP contribution in [0, 0.1) is 6.92 Å². The number of amides is 1. The van der Waals surface area contributed by atoms with Crippen molar-refractivity contribution in [3.8, 4) is 17.0 Å². The second-order valence-electron chi connectivity index (χ2n) is 13.1. The number of hydrogen-bond donors (Lipinski definition) is 0. The van der Waals surface area contributed by atoms with Crippen molar-refractivity contribution in [2.45, 2.75) is 105 Å². The van der Waals surface area contributed by atoms with E-state index in [1.54, 1.807) is 23.1 Å². The first-order valence-electron chi connectivity index (χ1n) is 15.4. The summed E-state index contributed by atoms with van der Waals surface area (Å²) in [5.74, 6) is 0.945. The Labute approximate surface area is 275 Å². The maximum atomic E-state index is 13.2. The van der Waals surface area contributed by atoms with E-state index in [0.29, 0.717) is 24.7 Å². The summed E-state index contributed by atoms with van der Waals surface area (Å²) in [6, 6.07) is 4.47. The van der Waals surface area contributed by atoms with Crippen LogP contribution in [0.4, 0.5) is 0 Å². The van der Waals surface area contributed by atoms with E-state index in [4.69, 9.17) is 14.5 Å². The zero-order valence-electron chi connectivity index (χ0n) is 28.3. The Morgan fingerprint density at radius 3 is 2.09 bits per heavy atom. The van der Waals surface area contributed by atoms with Gasteiger partial charge in [0.2, 0.25) is 5.91 Å². The van der Waals surface area contributed by atoms with E-state index in [2.05, 4.69) is 80.1 Å². The molecule has 242 valence electrons. The summed E-state index contributed by atoms with van der Waals surface area (Å²) >= 11 is 5.21. The van der Waals surface area contributed by atoms with Crippen LogP contribution in [-0.4, -0.2) is 58.8 Å². The van der Waals surface area contributed by atoms with Gasteiger partial charge in [0, 0.05) is 41.1 Å². The second kappa shape index (κ2) is 14.6. The zero-order chi connectivity index (χ0) is 33.0. The third kappa shape index (κ3) is 8.10. The van der Waals surface area contributed by atoms with E-state index < -0.39 is 0 Å². The van der Waals surface area contributed by atoms with Crippen molar-refractivity contribution < 1.29 is 19.1 Å². The summed E-state index contributed by atoms with van der Waals surface area (Å²) in [5, 5.41) is 7.78. The summed E-state index contributed by atoms with van der Waals surface area (Å²) in [7, 11) is 3.11. The van der Waals surface area contributed by atoms with Crippen LogP contribution in [0.25, 0.3) is 11.3 Å². The predicted octanol–water partition coefficient (Wildman–Crippen LogP) is 7.83. The van der Waals surface area contributed by atoms with Crippen LogP contribution in [-0.2, 0) is 38.1 Å². The Bertz CT molecular complexity index is 1420. The highest BCUT2D eigenvalue weighted by Crippen LogP contribution is 2.43. The van der Waals surface area contributed by atoms with E-state index >= 15 is 0 Å².